The van der Waals surface area contributed by atoms with Gasteiger partial charge in [-0.3, -0.25) is 0 Å². The standard InChI is InChI=1S/C11H2F9NO2.K/c12-6-3(2(1-21)9(22)23)4(10(15,16)17)7(13)5(8(6)14)11(18,19)20;/h2H,(H,22,23);/q;+1/p-1. The molecule has 0 fully saturated rings. The molecule has 24 heavy (non-hydrogen) atoms. The summed E-state index contributed by atoms with van der Waals surface area (Å²) in [6.07, 6.45) is -12.1. The van der Waals surface area contributed by atoms with E-state index in [1.807, 2.05) is 0 Å². The molecule has 0 saturated heterocycles. The van der Waals surface area contributed by atoms with Crippen molar-refractivity contribution >= 4 is 5.97 Å². The molecule has 0 aliphatic heterocycles. The van der Waals surface area contributed by atoms with E-state index in [1.54, 1.807) is 0 Å². The first-order valence-corrected chi connectivity index (χ1v) is 5.20. The van der Waals surface area contributed by atoms with Crippen molar-refractivity contribution in [2.45, 2.75) is 18.3 Å². The quantitative estimate of drug-likeness (QED) is 0.390. The molecule has 0 heterocycles. The summed E-state index contributed by atoms with van der Waals surface area (Å²) in [4.78, 5) is 10.5. The number of aliphatic carboxylic acids is 1. The average molecular weight is 389 g/mol. The van der Waals surface area contributed by atoms with Crippen LogP contribution in [0, 0.1) is 28.8 Å². The van der Waals surface area contributed by atoms with Crippen molar-refractivity contribution in [3.8, 4) is 6.07 Å². The molecule has 0 radical (unpaired) electrons. The molecule has 13 heteroatoms. The number of rotatable bonds is 2. The Bertz CT molecular complexity index is 706. The van der Waals surface area contributed by atoms with Gasteiger partial charge in [-0.2, -0.15) is 31.6 Å². The maximum atomic E-state index is 13.6. The number of hydrogen-bond acceptors (Lipinski definition) is 3. The van der Waals surface area contributed by atoms with Gasteiger partial charge in [0.1, 0.15) is 11.5 Å². The van der Waals surface area contributed by atoms with Crippen LogP contribution < -0.4 is 56.5 Å². The van der Waals surface area contributed by atoms with Crippen LogP contribution in [0.5, 0.6) is 0 Å². The van der Waals surface area contributed by atoms with E-state index < -0.39 is 58.4 Å². The molecule has 1 unspecified atom stereocenters. The second-order valence-corrected chi connectivity index (χ2v) is 3.98. The Morgan fingerprint density at radius 1 is 0.917 bits per heavy atom. The van der Waals surface area contributed by atoms with E-state index >= 15 is 0 Å². The third-order valence-electron chi connectivity index (χ3n) is 2.58. The van der Waals surface area contributed by atoms with Gasteiger partial charge in [0.15, 0.2) is 17.5 Å². The topological polar surface area (TPSA) is 63.9 Å². The summed E-state index contributed by atoms with van der Waals surface area (Å²) in [7, 11) is 0. The van der Waals surface area contributed by atoms with E-state index in [1.165, 1.54) is 0 Å². The van der Waals surface area contributed by atoms with Gasteiger partial charge in [-0.05, 0) is 0 Å². The largest absolute Gasteiger partial charge is 1.00 e. The monoisotopic (exact) mass is 389 g/mol. The normalized spacial score (nSPS) is 13.0. The molecular formula is C11HF9KNO2. The molecule has 0 aliphatic rings. The van der Waals surface area contributed by atoms with Crippen molar-refractivity contribution in [1.82, 2.24) is 0 Å². The van der Waals surface area contributed by atoms with Crippen LogP contribution in [0.3, 0.4) is 0 Å². The summed E-state index contributed by atoms with van der Waals surface area (Å²) in [5.41, 5.74) is -8.66. The maximum absolute atomic E-state index is 13.6. The molecule has 0 aliphatic carbocycles. The van der Waals surface area contributed by atoms with Crippen molar-refractivity contribution in [3.63, 3.8) is 0 Å². The van der Waals surface area contributed by atoms with Crippen LogP contribution in [-0.2, 0) is 17.1 Å². The summed E-state index contributed by atoms with van der Waals surface area (Å²) in [6.45, 7) is 0. The number of carbonyl (C=O) groups is 1. The van der Waals surface area contributed by atoms with Crippen LogP contribution in [0.15, 0.2) is 0 Å². The van der Waals surface area contributed by atoms with Crippen molar-refractivity contribution < 1.29 is 101 Å². The van der Waals surface area contributed by atoms with Crippen LogP contribution in [0.1, 0.15) is 22.6 Å². The predicted molar refractivity (Wildman–Crippen MR) is 49.7 cm³/mol. The minimum absolute atomic E-state index is 0. The Kier molecular flexibility index (Phi) is 7.35. The zero-order chi connectivity index (χ0) is 18.3. The Morgan fingerprint density at radius 2 is 1.33 bits per heavy atom. The Labute approximate surface area is 169 Å². The second kappa shape index (κ2) is 7.61. The van der Waals surface area contributed by atoms with E-state index in [2.05, 4.69) is 0 Å². The van der Waals surface area contributed by atoms with Crippen LogP contribution in [0.2, 0.25) is 0 Å². The van der Waals surface area contributed by atoms with Gasteiger partial charge in [0.25, 0.3) is 0 Å². The molecular weight excluding hydrogens is 388 g/mol. The Balaban J connectivity index is 0.00000529. The summed E-state index contributed by atoms with van der Waals surface area (Å²) < 4.78 is 116. The fourth-order valence-corrected chi connectivity index (χ4v) is 1.71. The van der Waals surface area contributed by atoms with Gasteiger partial charge < -0.3 is 9.90 Å². The molecule has 0 spiro atoms. The van der Waals surface area contributed by atoms with Gasteiger partial charge >= 0.3 is 63.7 Å². The number of alkyl halides is 6. The van der Waals surface area contributed by atoms with Crippen molar-refractivity contribution in [2.75, 3.05) is 0 Å². The molecule has 126 valence electrons. The van der Waals surface area contributed by atoms with Crippen LogP contribution in [-0.4, -0.2) is 5.97 Å². The maximum Gasteiger partial charge on any atom is 1.00 e. The molecule has 1 aromatic carbocycles. The summed E-state index contributed by atoms with van der Waals surface area (Å²) in [6, 6.07) is 0.567. The average Bonchev–Trinajstić information content (AvgIpc) is 2.32. The van der Waals surface area contributed by atoms with Crippen LogP contribution in [0.25, 0.3) is 0 Å². The van der Waals surface area contributed by atoms with Gasteiger partial charge in [0.05, 0.1) is 17.6 Å². The van der Waals surface area contributed by atoms with Crippen LogP contribution >= 0.6 is 0 Å². The number of nitriles is 1. The van der Waals surface area contributed by atoms with E-state index in [4.69, 9.17) is 5.26 Å². The first kappa shape index (κ1) is 23.2. The zero-order valence-electron chi connectivity index (χ0n) is 11.2. The molecule has 0 saturated carbocycles. The Morgan fingerprint density at radius 3 is 1.62 bits per heavy atom. The number of halogens is 9. The fraction of sp³-hybridized carbons (Fsp3) is 0.273. The van der Waals surface area contributed by atoms with Gasteiger partial charge in [-0.25, -0.2) is 13.2 Å². The fourth-order valence-electron chi connectivity index (χ4n) is 1.71. The minimum Gasteiger partial charge on any atom is -0.548 e. The molecule has 1 atom stereocenters. The molecule has 3 nitrogen and oxygen atoms in total. The number of nitrogens with zero attached hydrogens (tertiary/aromatic N) is 1. The SMILES string of the molecule is N#CC(C(=O)[O-])c1c(F)c(F)c(C(F)(F)F)c(F)c1C(F)(F)F.[K+]. The third-order valence-corrected chi connectivity index (χ3v) is 2.58. The van der Waals surface area contributed by atoms with Crippen molar-refractivity contribution in [2.24, 2.45) is 0 Å². The van der Waals surface area contributed by atoms with Gasteiger partial charge in [-0.1, -0.05) is 0 Å². The number of carboxylic acid groups (broad SMARTS) is 1. The van der Waals surface area contributed by atoms with Crippen molar-refractivity contribution in [3.05, 3.63) is 34.1 Å². The van der Waals surface area contributed by atoms with E-state index in [-0.39, 0.29) is 51.4 Å². The first-order chi connectivity index (χ1) is 10.2. The molecule has 0 N–H and O–H groups in total. The second-order valence-electron chi connectivity index (χ2n) is 3.98. The van der Waals surface area contributed by atoms with Gasteiger partial charge in [0.2, 0.25) is 0 Å². The predicted octanol–water partition coefficient (Wildman–Crippen LogP) is -0.497. The number of hydrogen-bond donors (Lipinski definition) is 0. The van der Waals surface area contributed by atoms with E-state index in [0.29, 0.717) is 6.07 Å². The van der Waals surface area contributed by atoms with E-state index in [9.17, 15) is 49.4 Å². The molecule has 1 aromatic rings. The third kappa shape index (κ3) is 4.23. The minimum atomic E-state index is -6.04. The summed E-state index contributed by atoms with van der Waals surface area (Å²) in [5, 5.41) is 18.9. The number of carbonyl (C=O) groups excluding carboxylic acids is 1. The van der Waals surface area contributed by atoms with E-state index in [0.717, 1.165) is 0 Å². The zero-order valence-corrected chi connectivity index (χ0v) is 14.4. The van der Waals surface area contributed by atoms with Gasteiger partial charge in [0, 0.05) is 5.56 Å². The smallest absolute Gasteiger partial charge is 0.548 e. The molecule has 1 rings (SSSR count). The molecule has 0 amide bonds. The summed E-state index contributed by atoms with van der Waals surface area (Å²) >= 11 is 0. The number of benzene rings is 1. The summed E-state index contributed by atoms with van der Waals surface area (Å²) in [5.74, 6) is -15.2. The first-order valence-electron chi connectivity index (χ1n) is 5.20. The number of carboxylic acids is 1. The van der Waals surface area contributed by atoms with Gasteiger partial charge in [-0.15, -0.1) is 0 Å². The van der Waals surface area contributed by atoms with Crippen molar-refractivity contribution in [1.29, 1.82) is 5.26 Å². The Hall–Kier alpha value is -0.814. The molecule has 0 bridgehead atoms. The van der Waals surface area contributed by atoms with Crippen LogP contribution in [0.4, 0.5) is 39.5 Å². The molecule has 0 aromatic heterocycles.